The number of fused-ring (bicyclic) bond motifs is 1. The van der Waals surface area contributed by atoms with E-state index in [-0.39, 0.29) is 17.7 Å². The molecular weight excluding hydrogens is 406 g/mol. The molecule has 2 aromatic rings. The van der Waals surface area contributed by atoms with E-state index in [1.165, 1.54) is 0 Å². The van der Waals surface area contributed by atoms with E-state index in [4.69, 9.17) is 14.7 Å². The molecular formula is C24H31N5O3. The maximum absolute atomic E-state index is 12.8. The number of nitrogens with zero attached hydrogens (tertiary/aromatic N) is 4. The number of likely N-dealkylation sites (tertiary alicyclic amines) is 1. The van der Waals surface area contributed by atoms with Gasteiger partial charge < -0.3 is 19.9 Å². The standard InChI is InChI=1S/C24H31N5O3/c1-16(30)29-13-10-20-21(15-29)26-23(27-24(20)25-2)18-8-11-28(12-9-18)22(31)14-17-4-6-19(32-3)7-5-17/h4-7,18H,8-15H2,1-3H3,(H,25,26,27). The van der Waals surface area contributed by atoms with Crippen LogP contribution in [-0.2, 0) is 29.0 Å². The van der Waals surface area contributed by atoms with Crippen molar-refractivity contribution in [3.63, 3.8) is 0 Å². The third-order valence-corrected chi connectivity index (χ3v) is 6.49. The fourth-order valence-corrected chi connectivity index (χ4v) is 4.52. The Hall–Kier alpha value is -3.16. The van der Waals surface area contributed by atoms with Crippen LogP contribution in [0.5, 0.6) is 5.75 Å². The van der Waals surface area contributed by atoms with E-state index < -0.39 is 0 Å². The molecule has 0 unspecified atom stereocenters. The van der Waals surface area contributed by atoms with Crippen LogP contribution in [0.4, 0.5) is 5.82 Å². The average molecular weight is 438 g/mol. The Morgan fingerprint density at radius 2 is 1.81 bits per heavy atom. The van der Waals surface area contributed by atoms with Gasteiger partial charge in [0, 0.05) is 45.1 Å². The number of amides is 2. The van der Waals surface area contributed by atoms with E-state index >= 15 is 0 Å². The van der Waals surface area contributed by atoms with Crippen LogP contribution in [0, 0.1) is 0 Å². The van der Waals surface area contributed by atoms with Crippen molar-refractivity contribution >= 4 is 17.6 Å². The fourth-order valence-electron chi connectivity index (χ4n) is 4.52. The lowest BCUT2D eigenvalue weighted by molar-refractivity contribution is -0.131. The van der Waals surface area contributed by atoms with Crippen molar-refractivity contribution in [2.24, 2.45) is 0 Å². The molecule has 0 spiro atoms. The largest absolute Gasteiger partial charge is 0.497 e. The zero-order chi connectivity index (χ0) is 22.7. The van der Waals surface area contributed by atoms with E-state index in [0.717, 1.165) is 53.5 Å². The normalized spacial score (nSPS) is 16.5. The summed E-state index contributed by atoms with van der Waals surface area (Å²) in [6, 6.07) is 7.64. The monoisotopic (exact) mass is 437 g/mol. The van der Waals surface area contributed by atoms with E-state index in [0.29, 0.717) is 32.6 Å². The van der Waals surface area contributed by atoms with E-state index in [2.05, 4.69) is 5.32 Å². The molecule has 8 nitrogen and oxygen atoms in total. The number of aromatic nitrogens is 2. The van der Waals surface area contributed by atoms with Gasteiger partial charge in [-0.05, 0) is 37.0 Å². The van der Waals surface area contributed by atoms with E-state index in [9.17, 15) is 9.59 Å². The molecule has 2 aliphatic heterocycles. The van der Waals surface area contributed by atoms with Crippen molar-refractivity contribution in [3.05, 3.63) is 46.9 Å². The Balaban J connectivity index is 1.41. The first kappa shape index (κ1) is 22.0. The number of benzene rings is 1. The number of nitrogens with one attached hydrogen (secondary N) is 1. The smallest absolute Gasteiger partial charge is 0.226 e. The molecule has 0 atom stereocenters. The Morgan fingerprint density at radius 1 is 1.09 bits per heavy atom. The van der Waals surface area contributed by atoms with Gasteiger partial charge in [0.2, 0.25) is 11.8 Å². The summed E-state index contributed by atoms with van der Waals surface area (Å²) in [5.41, 5.74) is 3.05. The number of anilines is 1. The maximum Gasteiger partial charge on any atom is 0.226 e. The predicted octanol–water partition coefficient (Wildman–Crippen LogP) is 2.38. The summed E-state index contributed by atoms with van der Waals surface area (Å²) < 4.78 is 5.18. The van der Waals surface area contributed by atoms with Crippen LogP contribution in [-0.4, -0.2) is 65.4 Å². The number of ether oxygens (including phenoxy) is 1. The summed E-state index contributed by atoms with van der Waals surface area (Å²) in [5, 5.41) is 3.21. The quantitative estimate of drug-likeness (QED) is 0.773. The highest BCUT2D eigenvalue weighted by Crippen LogP contribution is 2.30. The molecule has 3 heterocycles. The molecule has 2 aliphatic rings. The van der Waals surface area contributed by atoms with Gasteiger partial charge in [0.25, 0.3) is 0 Å². The highest BCUT2D eigenvalue weighted by atomic mass is 16.5. The molecule has 2 amide bonds. The van der Waals surface area contributed by atoms with Crippen molar-refractivity contribution < 1.29 is 14.3 Å². The molecule has 0 aliphatic carbocycles. The molecule has 0 saturated carbocycles. The summed E-state index contributed by atoms with van der Waals surface area (Å²) in [6.07, 6.45) is 2.85. The SMILES string of the molecule is CNc1nc(C2CCN(C(=O)Cc3ccc(OC)cc3)CC2)nc2c1CCN(C(C)=O)C2. The lowest BCUT2D eigenvalue weighted by Gasteiger charge is -2.33. The van der Waals surface area contributed by atoms with Crippen LogP contribution in [0.1, 0.15) is 48.3 Å². The second kappa shape index (κ2) is 9.54. The molecule has 1 aromatic carbocycles. The summed E-state index contributed by atoms with van der Waals surface area (Å²) in [4.78, 5) is 38.1. The summed E-state index contributed by atoms with van der Waals surface area (Å²) in [7, 11) is 3.51. The van der Waals surface area contributed by atoms with Gasteiger partial charge in [-0.25, -0.2) is 9.97 Å². The second-order valence-corrected chi connectivity index (χ2v) is 8.48. The van der Waals surface area contributed by atoms with Crippen molar-refractivity contribution in [1.82, 2.24) is 19.8 Å². The number of carbonyl (C=O) groups is 2. The lowest BCUT2D eigenvalue weighted by Crippen LogP contribution is -2.39. The molecule has 32 heavy (non-hydrogen) atoms. The highest BCUT2D eigenvalue weighted by Gasteiger charge is 2.29. The number of hydrogen-bond donors (Lipinski definition) is 1. The van der Waals surface area contributed by atoms with Crippen molar-refractivity contribution in [3.8, 4) is 5.75 Å². The van der Waals surface area contributed by atoms with Gasteiger partial charge in [0.05, 0.1) is 25.8 Å². The lowest BCUT2D eigenvalue weighted by atomic mass is 9.94. The fraction of sp³-hybridized carbons (Fsp3) is 0.500. The Morgan fingerprint density at radius 3 is 2.44 bits per heavy atom. The minimum Gasteiger partial charge on any atom is -0.497 e. The zero-order valence-corrected chi connectivity index (χ0v) is 19.1. The van der Waals surface area contributed by atoms with Gasteiger partial charge in [-0.3, -0.25) is 9.59 Å². The Kier molecular flexibility index (Phi) is 6.58. The average Bonchev–Trinajstić information content (AvgIpc) is 2.83. The Labute approximate surface area is 189 Å². The van der Waals surface area contributed by atoms with Crippen molar-refractivity contribution in [1.29, 1.82) is 0 Å². The molecule has 1 saturated heterocycles. The van der Waals surface area contributed by atoms with Crippen LogP contribution in [0.2, 0.25) is 0 Å². The third kappa shape index (κ3) is 4.69. The van der Waals surface area contributed by atoms with Gasteiger partial charge in [0.15, 0.2) is 0 Å². The first-order chi connectivity index (χ1) is 15.5. The molecule has 1 fully saturated rings. The Bertz CT molecular complexity index is 984. The molecule has 8 heteroatoms. The predicted molar refractivity (Wildman–Crippen MR) is 122 cm³/mol. The van der Waals surface area contributed by atoms with Crippen LogP contribution in [0.3, 0.4) is 0 Å². The minimum atomic E-state index is 0.0745. The number of methoxy groups -OCH3 is 1. The molecule has 1 N–H and O–H groups in total. The van der Waals surface area contributed by atoms with Gasteiger partial charge >= 0.3 is 0 Å². The molecule has 0 radical (unpaired) electrons. The van der Waals surface area contributed by atoms with E-state index in [1.54, 1.807) is 14.0 Å². The number of rotatable bonds is 5. The number of hydrogen-bond acceptors (Lipinski definition) is 6. The first-order valence-electron chi connectivity index (χ1n) is 11.2. The molecule has 1 aromatic heterocycles. The molecule has 0 bridgehead atoms. The second-order valence-electron chi connectivity index (χ2n) is 8.48. The van der Waals surface area contributed by atoms with Crippen LogP contribution in [0.15, 0.2) is 24.3 Å². The molecule has 4 rings (SSSR count). The number of carbonyl (C=O) groups excluding carboxylic acids is 2. The van der Waals surface area contributed by atoms with Crippen LogP contribution >= 0.6 is 0 Å². The van der Waals surface area contributed by atoms with Crippen LogP contribution < -0.4 is 10.1 Å². The summed E-state index contributed by atoms with van der Waals surface area (Å²) in [5.74, 6) is 2.91. The zero-order valence-electron chi connectivity index (χ0n) is 19.1. The molecule has 170 valence electrons. The van der Waals surface area contributed by atoms with Crippen molar-refractivity contribution in [2.45, 2.75) is 45.1 Å². The van der Waals surface area contributed by atoms with Gasteiger partial charge in [-0.1, -0.05) is 12.1 Å². The third-order valence-electron chi connectivity index (χ3n) is 6.49. The van der Waals surface area contributed by atoms with Gasteiger partial charge in [-0.15, -0.1) is 0 Å². The first-order valence-corrected chi connectivity index (χ1v) is 11.2. The van der Waals surface area contributed by atoms with Gasteiger partial charge in [0.1, 0.15) is 17.4 Å². The maximum atomic E-state index is 12.8. The topological polar surface area (TPSA) is 87.7 Å². The highest BCUT2D eigenvalue weighted by molar-refractivity contribution is 5.79. The minimum absolute atomic E-state index is 0.0745. The van der Waals surface area contributed by atoms with Gasteiger partial charge in [-0.2, -0.15) is 0 Å². The number of piperidine rings is 1. The van der Waals surface area contributed by atoms with Crippen LogP contribution in [0.25, 0.3) is 0 Å². The van der Waals surface area contributed by atoms with E-state index in [1.807, 2.05) is 41.1 Å². The van der Waals surface area contributed by atoms with Crippen molar-refractivity contribution in [2.75, 3.05) is 39.1 Å². The summed E-state index contributed by atoms with van der Waals surface area (Å²) >= 11 is 0. The summed E-state index contributed by atoms with van der Waals surface area (Å²) in [6.45, 7) is 4.25.